The van der Waals surface area contributed by atoms with E-state index >= 15 is 0 Å². The highest BCUT2D eigenvalue weighted by Crippen LogP contribution is 2.16. The van der Waals surface area contributed by atoms with E-state index in [9.17, 15) is 5.11 Å². The molecular weight excluding hydrogens is 229 g/mol. The van der Waals surface area contributed by atoms with Crippen LogP contribution in [0.25, 0.3) is 0 Å². The Kier molecular flexibility index (Phi) is 3.30. The van der Waals surface area contributed by atoms with E-state index in [0.29, 0.717) is 16.0 Å². The maximum atomic E-state index is 9.29. The summed E-state index contributed by atoms with van der Waals surface area (Å²) in [5.41, 5.74) is 0.592. The summed E-state index contributed by atoms with van der Waals surface area (Å²) >= 11 is 8.82. The third-order valence-electron chi connectivity index (χ3n) is 1.23. The molecule has 4 heteroatoms. The molecule has 1 unspecified atom stereocenters. The molecule has 0 aromatic carbocycles. The summed E-state index contributed by atoms with van der Waals surface area (Å²) in [5, 5.41) is 10.4. The molecule has 0 aliphatic heterocycles. The summed E-state index contributed by atoms with van der Waals surface area (Å²) in [7, 11) is 0. The third-order valence-corrected chi connectivity index (χ3v) is 2.08. The lowest BCUT2D eigenvalue weighted by atomic mass is 10.2. The van der Waals surface area contributed by atoms with Gasteiger partial charge in [0, 0.05) is 16.5 Å². The minimum atomic E-state index is -0.575. The molecule has 0 saturated carbocycles. The van der Waals surface area contributed by atoms with Crippen molar-refractivity contribution in [3.63, 3.8) is 0 Å². The first kappa shape index (κ1) is 8.97. The number of aromatic nitrogens is 1. The van der Waals surface area contributed by atoms with Crippen molar-refractivity contribution in [3.05, 3.63) is 29.0 Å². The van der Waals surface area contributed by atoms with Gasteiger partial charge < -0.3 is 5.11 Å². The molecule has 0 fully saturated rings. The predicted molar refractivity (Wildman–Crippen MR) is 48.0 cm³/mol. The fraction of sp³-hybridized carbons (Fsp3) is 0.286. The third kappa shape index (κ3) is 2.43. The summed E-state index contributed by atoms with van der Waals surface area (Å²) in [4.78, 5) is 3.95. The molecule has 11 heavy (non-hydrogen) atoms. The van der Waals surface area contributed by atoms with Crippen molar-refractivity contribution in [1.29, 1.82) is 0 Å². The lowest BCUT2D eigenvalue weighted by Gasteiger charge is -2.04. The summed E-state index contributed by atoms with van der Waals surface area (Å²) < 4.78 is 0. The molecule has 1 atom stereocenters. The van der Waals surface area contributed by atoms with Gasteiger partial charge >= 0.3 is 0 Å². The monoisotopic (exact) mass is 235 g/mol. The Balaban J connectivity index is 2.86. The van der Waals surface area contributed by atoms with Crippen LogP contribution < -0.4 is 0 Å². The van der Waals surface area contributed by atoms with Gasteiger partial charge in [0.1, 0.15) is 6.10 Å². The maximum Gasteiger partial charge on any atom is 0.106 e. The van der Waals surface area contributed by atoms with E-state index < -0.39 is 6.10 Å². The van der Waals surface area contributed by atoms with E-state index in [1.54, 1.807) is 18.3 Å². The van der Waals surface area contributed by atoms with Crippen LogP contribution in [0.3, 0.4) is 0 Å². The lowest BCUT2D eigenvalue weighted by molar-refractivity contribution is 0.200. The highest BCUT2D eigenvalue weighted by Gasteiger charge is 2.06. The van der Waals surface area contributed by atoms with E-state index in [1.165, 1.54) is 0 Å². The second-order valence-electron chi connectivity index (χ2n) is 2.07. The second kappa shape index (κ2) is 4.04. The Bertz CT molecular complexity index is 244. The number of aliphatic hydroxyl groups is 1. The number of pyridine rings is 1. The van der Waals surface area contributed by atoms with E-state index in [4.69, 9.17) is 11.6 Å². The zero-order valence-electron chi connectivity index (χ0n) is 5.67. The lowest BCUT2D eigenvalue weighted by Crippen LogP contribution is -2.00. The average Bonchev–Trinajstić information content (AvgIpc) is 2.03. The van der Waals surface area contributed by atoms with E-state index in [1.807, 2.05) is 0 Å². The molecule has 1 aromatic heterocycles. The Morgan fingerprint density at radius 1 is 1.73 bits per heavy atom. The molecule has 60 valence electrons. The Morgan fingerprint density at radius 2 is 2.45 bits per heavy atom. The van der Waals surface area contributed by atoms with Gasteiger partial charge in [-0.05, 0) is 12.1 Å². The SMILES string of the molecule is OC(CBr)c1cc(Cl)ccn1. The van der Waals surface area contributed by atoms with Gasteiger partial charge in [0.25, 0.3) is 0 Å². The molecule has 0 amide bonds. The van der Waals surface area contributed by atoms with E-state index in [2.05, 4.69) is 20.9 Å². The minimum absolute atomic E-state index is 0.473. The Hall–Kier alpha value is -0.120. The van der Waals surface area contributed by atoms with Gasteiger partial charge in [0.05, 0.1) is 5.69 Å². The topological polar surface area (TPSA) is 33.1 Å². The zero-order valence-corrected chi connectivity index (χ0v) is 8.01. The highest BCUT2D eigenvalue weighted by molar-refractivity contribution is 9.09. The van der Waals surface area contributed by atoms with E-state index in [-0.39, 0.29) is 0 Å². The fourth-order valence-corrected chi connectivity index (χ4v) is 1.18. The smallest absolute Gasteiger partial charge is 0.106 e. The van der Waals surface area contributed by atoms with Gasteiger partial charge in [-0.3, -0.25) is 4.98 Å². The molecule has 1 N–H and O–H groups in total. The van der Waals surface area contributed by atoms with Crippen molar-refractivity contribution in [1.82, 2.24) is 4.98 Å². The predicted octanol–water partition coefficient (Wildman–Crippen LogP) is 2.16. The Labute approximate surface area is 78.3 Å². The van der Waals surface area contributed by atoms with Crippen LogP contribution >= 0.6 is 27.5 Å². The van der Waals surface area contributed by atoms with Crippen molar-refractivity contribution in [2.75, 3.05) is 5.33 Å². The van der Waals surface area contributed by atoms with Gasteiger partial charge in [-0.2, -0.15) is 0 Å². The first-order valence-electron chi connectivity index (χ1n) is 3.09. The molecule has 0 spiro atoms. The quantitative estimate of drug-likeness (QED) is 0.798. The zero-order chi connectivity index (χ0) is 8.27. The van der Waals surface area contributed by atoms with Gasteiger partial charge in [-0.1, -0.05) is 27.5 Å². The molecule has 0 saturated heterocycles. The number of rotatable bonds is 2. The number of aliphatic hydroxyl groups excluding tert-OH is 1. The number of hydrogen-bond donors (Lipinski definition) is 1. The van der Waals surface area contributed by atoms with Crippen molar-refractivity contribution >= 4 is 27.5 Å². The molecule has 2 nitrogen and oxygen atoms in total. The molecule has 0 aliphatic rings. The number of hydrogen-bond acceptors (Lipinski definition) is 2. The van der Waals surface area contributed by atoms with Gasteiger partial charge in [-0.25, -0.2) is 0 Å². The van der Waals surface area contributed by atoms with Crippen LogP contribution in [0.2, 0.25) is 5.02 Å². The van der Waals surface area contributed by atoms with Gasteiger partial charge in [0.15, 0.2) is 0 Å². The standard InChI is InChI=1S/C7H7BrClNO/c8-4-7(11)6-3-5(9)1-2-10-6/h1-3,7,11H,4H2. The molecule has 1 heterocycles. The van der Waals surface area contributed by atoms with Crippen LogP contribution in [0.4, 0.5) is 0 Å². The molecular formula is C7H7BrClNO. The number of nitrogens with zero attached hydrogens (tertiary/aromatic N) is 1. The number of halogens is 2. The van der Waals surface area contributed by atoms with Crippen LogP contribution in [0.15, 0.2) is 18.3 Å². The van der Waals surface area contributed by atoms with Crippen molar-refractivity contribution < 1.29 is 5.11 Å². The van der Waals surface area contributed by atoms with Crippen LogP contribution in [0.1, 0.15) is 11.8 Å². The second-order valence-corrected chi connectivity index (χ2v) is 3.15. The fourth-order valence-electron chi connectivity index (χ4n) is 0.682. The van der Waals surface area contributed by atoms with Crippen LogP contribution in [0, 0.1) is 0 Å². The number of alkyl halides is 1. The summed E-state index contributed by atoms with van der Waals surface area (Å²) in [6.45, 7) is 0. The first-order valence-corrected chi connectivity index (χ1v) is 4.59. The molecule has 0 bridgehead atoms. The van der Waals surface area contributed by atoms with Crippen molar-refractivity contribution in [2.45, 2.75) is 6.10 Å². The normalized spacial score (nSPS) is 13.0. The summed E-state index contributed by atoms with van der Waals surface area (Å²) in [6.07, 6.45) is 0.998. The van der Waals surface area contributed by atoms with Crippen molar-refractivity contribution in [3.8, 4) is 0 Å². The molecule has 1 rings (SSSR count). The minimum Gasteiger partial charge on any atom is -0.386 e. The maximum absolute atomic E-state index is 9.29. The van der Waals surface area contributed by atoms with Crippen LogP contribution in [-0.4, -0.2) is 15.4 Å². The van der Waals surface area contributed by atoms with Crippen LogP contribution in [0.5, 0.6) is 0 Å². The molecule has 0 aliphatic carbocycles. The summed E-state index contributed by atoms with van der Waals surface area (Å²) in [5.74, 6) is 0. The first-order chi connectivity index (χ1) is 5.24. The summed E-state index contributed by atoms with van der Waals surface area (Å²) in [6, 6.07) is 3.32. The van der Waals surface area contributed by atoms with E-state index in [0.717, 1.165) is 0 Å². The van der Waals surface area contributed by atoms with Crippen molar-refractivity contribution in [2.24, 2.45) is 0 Å². The Morgan fingerprint density at radius 3 is 3.00 bits per heavy atom. The van der Waals surface area contributed by atoms with Crippen LogP contribution in [-0.2, 0) is 0 Å². The van der Waals surface area contributed by atoms with Gasteiger partial charge in [-0.15, -0.1) is 0 Å². The molecule has 0 radical (unpaired) electrons. The van der Waals surface area contributed by atoms with Gasteiger partial charge in [0.2, 0.25) is 0 Å². The highest BCUT2D eigenvalue weighted by atomic mass is 79.9. The average molecular weight is 236 g/mol. The molecule has 1 aromatic rings. The largest absolute Gasteiger partial charge is 0.386 e.